The van der Waals surface area contributed by atoms with Crippen molar-refractivity contribution in [2.75, 3.05) is 5.32 Å². The number of thiocarbonyl (C=S) groups is 1. The van der Waals surface area contributed by atoms with Gasteiger partial charge >= 0.3 is 0 Å². The Bertz CT molecular complexity index is 1080. The molecule has 0 atom stereocenters. The summed E-state index contributed by atoms with van der Waals surface area (Å²) in [5, 5.41) is 16.8. The number of anilines is 1. The third-order valence-corrected chi connectivity index (χ3v) is 5.34. The Hall–Kier alpha value is -2.98. The first-order valence-corrected chi connectivity index (χ1v) is 10.4. The van der Waals surface area contributed by atoms with E-state index in [1.165, 1.54) is 11.1 Å². The number of rotatable bonds is 4. The molecule has 0 saturated heterocycles. The molecule has 2 aromatic carbocycles. The van der Waals surface area contributed by atoms with Crippen LogP contribution in [-0.4, -0.2) is 4.99 Å². The number of hydrogen-bond donors (Lipinski definition) is 1. The van der Waals surface area contributed by atoms with E-state index in [2.05, 4.69) is 39.1 Å². The van der Waals surface area contributed by atoms with E-state index in [1.54, 1.807) is 4.57 Å². The lowest BCUT2D eigenvalue weighted by Crippen LogP contribution is -2.39. The second-order valence-corrected chi connectivity index (χ2v) is 8.97. The number of nitrogens with zero attached hydrogens (tertiary/aromatic N) is 1. The van der Waals surface area contributed by atoms with Gasteiger partial charge in [0.2, 0.25) is 5.70 Å². The minimum Gasteiger partial charge on any atom is -0.867 e. The van der Waals surface area contributed by atoms with Crippen LogP contribution in [0.2, 0.25) is 0 Å². The molecule has 1 heterocycles. The van der Waals surface area contributed by atoms with Crippen LogP contribution in [-0.2, 0) is 5.41 Å². The van der Waals surface area contributed by atoms with Gasteiger partial charge in [-0.2, -0.15) is 4.57 Å². The first-order chi connectivity index (χ1) is 14.2. The quantitative estimate of drug-likeness (QED) is 0.281. The molecule has 3 rings (SSSR count). The number of hydrogen-bond acceptors (Lipinski definition) is 2. The van der Waals surface area contributed by atoms with Crippen molar-refractivity contribution in [1.82, 2.24) is 0 Å². The monoisotopic (exact) mass is 416 g/mol. The molecule has 1 aromatic heterocycles. The summed E-state index contributed by atoms with van der Waals surface area (Å²) in [5.74, 6) is -0.117. The highest BCUT2D eigenvalue weighted by molar-refractivity contribution is 7.81. The maximum Gasteiger partial charge on any atom is 0.238 e. The van der Waals surface area contributed by atoms with Gasteiger partial charge in [-0.3, -0.25) is 0 Å². The van der Waals surface area contributed by atoms with Crippen LogP contribution in [0.4, 0.5) is 5.69 Å². The number of pyridine rings is 1. The molecule has 154 valence electrons. The molecule has 4 heteroatoms. The van der Waals surface area contributed by atoms with Crippen LogP contribution in [0.25, 0.3) is 11.5 Å². The summed E-state index contributed by atoms with van der Waals surface area (Å²) >= 11 is 5.70. The first-order valence-electron chi connectivity index (χ1n) is 10.0. The van der Waals surface area contributed by atoms with Gasteiger partial charge in [0.15, 0.2) is 17.4 Å². The lowest BCUT2D eigenvalue weighted by Gasteiger charge is -2.21. The lowest BCUT2D eigenvalue weighted by molar-refractivity contribution is -0.577. The fourth-order valence-electron chi connectivity index (χ4n) is 3.28. The molecule has 0 aliphatic carbocycles. The van der Waals surface area contributed by atoms with Gasteiger partial charge in [-0.1, -0.05) is 81.0 Å². The molecule has 0 amide bonds. The second-order valence-electron chi connectivity index (χ2n) is 8.56. The SMILES string of the molecule is Cc1ccc(NC(=S)/C(=C(\[O-])c2ccc(C(C)(C)C)cc2)[n+]2ccccc2)c(C)c1. The number of benzene rings is 2. The van der Waals surface area contributed by atoms with Crippen molar-refractivity contribution >= 4 is 34.3 Å². The zero-order valence-corrected chi connectivity index (χ0v) is 19.0. The molecule has 0 aliphatic rings. The molecule has 30 heavy (non-hydrogen) atoms. The molecule has 3 aromatic rings. The van der Waals surface area contributed by atoms with Crippen LogP contribution in [0, 0.1) is 13.8 Å². The third kappa shape index (κ3) is 4.95. The van der Waals surface area contributed by atoms with Gasteiger partial charge in [-0.05, 0) is 47.8 Å². The van der Waals surface area contributed by atoms with Crippen molar-refractivity contribution < 1.29 is 9.67 Å². The summed E-state index contributed by atoms with van der Waals surface area (Å²) in [6.07, 6.45) is 3.68. The topological polar surface area (TPSA) is 39.0 Å². The van der Waals surface area contributed by atoms with Crippen molar-refractivity contribution in [3.8, 4) is 0 Å². The van der Waals surface area contributed by atoms with Gasteiger partial charge in [0.25, 0.3) is 0 Å². The molecular weight excluding hydrogens is 388 g/mol. The molecule has 0 fully saturated rings. The highest BCUT2D eigenvalue weighted by Gasteiger charge is 2.20. The Morgan fingerprint density at radius 2 is 1.57 bits per heavy atom. The molecule has 0 bridgehead atoms. The maximum atomic E-state index is 13.5. The molecule has 0 unspecified atom stereocenters. The smallest absolute Gasteiger partial charge is 0.238 e. The van der Waals surface area contributed by atoms with Gasteiger partial charge in [-0.25, -0.2) is 0 Å². The van der Waals surface area contributed by atoms with E-state index in [9.17, 15) is 5.11 Å². The Balaban J connectivity index is 2.05. The predicted molar refractivity (Wildman–Crippen MR) is 127 cm³/mol. The molecule has 0 spiro atoms. The Morgan fingerprint density at radius 3 is 2.13 bits per heavy atom. The van der Waals surface area contributed by atoms with E-state index in [0.29, 0.717) is 16.2 Å². The van der Waals surface area contributed by atoms with Crippen LogP contribution in [0.5, 0.6) is 0 Å². The zero-order valence-electron chi connectivity index (χ0n) is 18.2. The summed E-state index contributed by atoms with van der Waals surface area (Å²) < 4.78 is 1.78. The third-order valence-electron chi connectivity index (χ3n) is 5.05. The van der Waals surface area contributed by atoms with Gasteiger partial charge in [0.1, 0.15) is 0 Å². The Kier molecular flexibility index (Phi) is 6.37. The van der Waals surface area contributed by atoms with Gasteiger partial charge < -0.3 is 10.4 Å². The molecular formula is C26H28N2OS. The van der Waals surface area contributed by atoms with Crippen molar-refractivity contribution in [3.63, 3.8) is 0 Å². The number of aromatic nitrogens is 1. The van der Waals surface area contributed by atoms with Crippen molar-refractivity contribution in [2.45, 2.75) is 40.0 Å². The van der Waals surface area contributed by atoms with Crippen molar-refractivity contribution in [3.05, 3.63) is 95.3 Å². The maximum absolute atomic E-state index is 13.5. The fraction of sp³-hybridized carbons (Fsp3) is 0.231. The normalized spacial score (nSPS) is 12.3. The minimum atomic E-state index is -0.117. The van der Waals surface area contributed by atoms with E-state index < -0.39 is 0 Å². The van der Waals surface area contributed by atoms with E-state index in [1.807, 2.05) is 73.9 Å². The standard InChI is InChI=1S/C26H28N2OS/c1-18-9-14-22(19(2)17-18)27-25(30)23(28-15-7-6-8-16-28)24(29)20-10-12-21(13-11-20)26(3,4)5/h6-17H,1-5H3,(H-,27,29,30). The zero-order chi connectivity index (χ0) is 21.9. The van der Waals surface area contributed by atoms with Crippen LogP contribution in [0.1, 0.15) is 43.0 Å². The number of nitrogens with one attached hydrogen (secondary N) is 1. The molecule has 0 saturated carbocycles. The average Bonchev–Trinajstić information content (AvgIpc) is 2.70. The summed E-state index contributed by atoms with van der Waals surface area (Å²) in [4.78, 5) is 0.392. The van der Waals surface area contributed by atoms with Crippen LogP contribution < -0.4 is 15.0 Å². The average molecular weight is 417 g/mol. The lowest BCUT2D eigenvalue weighted by atomic mass is 9.86. The highest BCUT2D eigenvalue weighted by atomic mass is 32.1. The number of aryl methyl sites for hydroxylation is 2. The molecule has 1 N–H and O–H groups in total. The first kappa shape index (κ1) is 21.7. The van der Waals surface area contributed by atoms with E-state index in [-0.39, 0.29) is 11.2 Å². The summed E-state index contributed by atoms with van der Waals surface area (Å²) in [6, 6.07) is 19.6. The predicted octanol–water partition coefficient (Wildman–Crippen LogP) is 5.01. The fourth-order valence-corrected chi connectivity index (χ4v) is 3.59. The second kappa shape index (κ2) is 8.80. The van der Waals surface area contributed by atoms with E-state index >= 15 is 0 Å². The van der Waals surface area contributed by atoms with Crippen LogP contribution >= 0.6 is 12.2 Å². The highest BCUT2D eigenvalue weighted by Crippen LogP contribution is 2.25. The van der Waals surface area contributed by atoms with Crippen molar-refractivity contribution in [1.29, 1.82) is 0 Å². The van der Waals surface area contributed by atoms with E-state index in [4.69, 9.17) is 12.2 Å². The summed E-state index contributed by atoms with van der Waals surface area (Å²) in [7, 11) is 0. The Labute approximate surface area is 184 Å². The van der Waals surface area contributed by atoms with Crippen LogP contribution in [0.15, 0.2) is 73.1 Å². The minimum absolute atomic E-state index is 0.0299. The van der Waals surface area contributed by atoms with Crippen molar-refractivity contribution in [2.24, 2.45) is 0 Å². The molecule has 3 nitrogen and oxygen atoms in total. The van der Waals surface area contributed by atoms with Gasteiger partial charge in [-0.15, -0.1) is 0 Å². The summed E-state index contributed by atoms with van der Waals surface area (Å²) in [6.45, 7) is 10.6. The molecule has 0 radical (unpaired) electrons. The van der Waals surface area contributed by atoms with E-state index in [0.717, 1.165) is 11.3 Å². The van der Waals surface area contributed by atoms with Gasteiger partial charge in [0, 0.05) is 17.8 Å². The Morgan fingerprint density at radius 1 is 0.933 bits per heavy atom. The van der Waals surface area contributed by atoms with Gasteiger partial charge in [0.05, 0.1) is 0 Å². The molecule has 0 aliphatic heterocycles. The summed E-state index contributed by atoms with van der Waals surface area (Å²) in [5.41, 5.74) is 5.41. The largest absolute Gasteiger partial charge is 0.867 e. The van der Waals surface area contributed by atoms with Crippen LogP contribution in [0.3, 0.4) is 0 Å².